The second kappa shape index (κ2) is 11.9. The molecule has 0 atom stereocenters. The SMILES string of the molecule is CC.COc1ccc(N(c2ccccc2)c2ccc(C)c(-c3ccccc3)c2)cc1-c1ccccc1. The Bertz CT molecular complexity index is 1380. The highest BCUT2D eigenvalue weighted by molar-refractivity contribution is 5.84. The molecular formula is C34H33NO. The molecule has 0 unspecified atom stereocenters. The Morgan fingerprint density at radius 2 is 0.972 bits per heavy atom. The Labute approximate surface area is 215 Å². The molecule has 0 aliphatic rings. The minimum absolute atomic E-state index is 0.858. The maximum atomic E-state index is 5.72. The van der Waals surface area contributed by atoms with Crippen molar-refractivity contribution in [3.63, 3.8) is 0 Å². The Hall–Kier alpha value is -4.30. The van der Waals surface area contributed by atoms with Crippen molar-refractivity contribution in [2.24, 2.45) is 0 Å². The van der Waals surface area contributed by atoms with E-state index >= 15 is 0 Å². The van der Waals surface area contributed by atoms with Crippen molar-refractivity contribution < 1.29 is 4.74 Å². The molecule has 5 aromatic carbocycles. The highest BCUT2D eigenvalue weighted by Crippen LogP contribution is 2.41. The summed E-state index contributed by atoms with van der Waals surface area (Å²) >= 11 is 0. The predicted molar refractivity (Wildman–Crippen MR) is 155 cm³/mol. The number of methoxy groups -OCH3 is 1. The highest BCUT2D eigenvalue weighted by atomic mass is 16.5. The quantitative estimate of drug-likeness (QED) is 0.244. The van der Waals surface area contributed by atoms with Crippen LogP contribution in [0.5, 0.6) is 5.75 Å². The van der Waals surface area contributed by atoms with Gasteiger partial charge in [-0.25, -0.2) is 0 Å². The maximum absolute atomic E-state index is 5.72. The van der Waals surface area contributed by atoms with E-state index in [1.54, 1.807) is 7.11 Å². The zero-order valence-corrected chi connectivity index (χ0v) is 21.5. The molecule has 0 heterocycles. The first kappa shape index (κ1) is 24.8. The third kappa shape index (κ3) is 5.34. The fourth-order valence-electron chi connectivity index (χ4n) is 4.38. The smallest absolute Gasteiger partial charge is 0.126 e. The molecule has 0 aliphatic carbocycles. The van der Waals surface area contributed by atoms with E-state index in [2.05, 4.69) is 133 Å². The largest absolute Gasteiger partial charge is 0.496 e. The van der Waals surface area contributed by atoms with Gasteiger partial charge < -0.3 is 9.64 Å². The minimum atomic E-state index is 0.858. The standard InChI is InChI=1S/C32H27NO.C2H6/c1-24-18-19-28(22-30(24)25-12-6-3-7-13-25)33(27-16-10-5-11-17-27)29-20-21-32(34-2)31(23-29)26-14-8-4-9-15-26;1-2/h3-23H,1-2H3;1-2H3. The molecule has 0 spiro atoms. The van der Waals surface area contributed by atoms with E-state index < -0.39 is 0 Å². The average Bonchev–Trinajstić information content (AvgIpc) is 2.96. The van der Waals surface area contributed by atoms with Crippen molar-refractivity contribution in [1.29, 1.82) is 0 Å². The predicted octanol–water partition coefficient (Wildman–Crippen LogP) is 9.83. The fraction of sp³-hybridized carbons (Fsp3) is 0.118. The van der Waals surface area contributed by atoms with Crippen LogP contribution in [0.3, 0.4) is 0 Å². The van der Waals surface area contributed by atoms with Crippen LogP contribution >= 0.6 is 0 Å². The molecule has 2 nitrogen and oxygen atoms in total. The van der Waals surface area contributed by atoms with E-state index in [1.807, 2.05) is 19.9 Å². The summed E-state index contributed by atoms with van der Waals surface area (Å²) in [6, 6.07) is 44.5. The van der Waals surface area contributed by atoms with Gasteiger partial charge in [0.15, 0.2) is 0 Å². The van der Waals surface area contributed by atoms with Gasteiger partial charge in [0, 0.05) is 22.6 Å². The summed E-state index contributed by atoms with van der Waals surface area (Å²) < 4.78 is 5.72. The Balaban J connectivity index is 0.00000148. The lowest BCUT2D eigenvalue weighted by molar-refractivity contribution is 0.416. The number of benzene rings is 5. The van der Waals surface area contributed by atoms with Gasteiger partial charge in [0.1, 0.15) is 5.75 Å². The molecule has 0 radical (unpaired) electrons. The molecule has 0 saturated heterocycles. The molecule has 0 aromatic heterocycles. The minimum Gasteiger partial charge on any atom is -0.496 e. The first-order chi connectivity index (χ1) is 17.7. The summed E-state index contributed by atoms with van der Waals surface area (Å²) in [6.45, 7) is 6.17. The molecule has 0 bridgehead atoms. The second-order valence-corrected chi connectivity index (χ2v) is 8.29. The zero-order valence-electron chi connectivity index (χ0n) is 21.5. The summed E-state index contributed by atoms with van der Waals surface area (Å²) in [7, 11) is 1.72. The lowest BCUT2D eigenvalue weighted by Gasteiger charge is -2.27. The Morgan fingerprint density at radius 3 is 1.53 bits per heavy atom. The van der Waals surface area contributed by atoms with Crippen LogP contribution in [0, 0.1) is 6.92 Å². The number of aryl methyl sites for hydroxylation is 1. The number of para-hydroxylation sites is 1. The maximum Gasteiger partial charge on any atom is 0.126 e. The van der Waals surface area contributed by atoms with Gasteiger partial charge in [-0.1, -0.05) is 98.8 Å². The topological polar surface area (TPSA) is 12.5 Å². The number of nitrogens with zero attached hydrogens (tertiary/aromatic N) is 1. The Morgan fingerprint density at radius 1 is 0.500 bits per heavy atom. The molecular weight excluding hydrogens is 438 g/mol. The molecule has 0 fully saturated rings. The molecule has 0 aliphatic heterocycles. The van der Waals surface area contributed by atoms with Gasteiger partial charge in [-0.2, -0.15) is 0 Å². The van der Waals surface area contributed by atoms with Crippen LogP contribution < -0.4 is 9.64 Å². The summed E-state index contributed by atoms with van der Waals surface area (Å²) in [6.07, 6.45) is 0. The molecule has 180 valence electrons. The van der Waals surface area contributed by atoms with E-state index in [0.717, 1.165) is 33.9 Å². The van der Waals surface area contributed by atoms with Crippen LogP contribution in [-0.4, -0.2) is 7.11 Å². The van der Waals surface area contributed by atoms with Crippen molar-refractivity contribution >= 4 is 17.1 Å². The van der Waals surface area contributed by atoms with Crippen LogP contribution in [0.15, 0.2) is 127 Å². The molecule has 5 aromatic rings. The zero-order chi connectivity index (χ0) is 25.3. The highest BCUT2D eigenvalue weighted by Gasteiger charge is 2.17. The van der Waals surface area contributed by atoms with Crippen molar-refractivity contribution in [1.82, 2.24) is 0 Å². The van der Waals surface area contributed by atoms with E-state index in [4.69, 9.17) is 4.74 Å². The van der Waals surface area contributed by atoms with Gasteiger partial charge in [-0.15, -0.1) is 0 Å². The molecule has 0 N–H and O–H groups in total. The molecule has 5 rings (SSSR count). The van der Waals surface area contributed by atoms with Gasteiger partial charge in [0.05, 0.1) is 7.11 Å². The number of hydrogen-bond donors (Lipinski definition) is 0. The first-order valence-corrected chi connectivity index (χ1v) is 12.5. The number of hydrogen-bond acceptors (Lipinski definition) is 2. The molecule has 0 amide bonds. The van der Waals surface area contributed by atoms with Gasteiger partial charge in [-0.3, -0.25) is 0 Å². The normalized spacial score (nSPS) is 10.2. The van der Waals surface area contributed by atoms with Gasteiger partial charge in [0.2, 0.25) is 0 Å². The van der Waals surface area contributed by atoms with E-state index in [9.17, 15) is 0 Å². The first-order valence-electron chi connectivity index (χ1n) is 12.5. The number of ether oxygens (including phenoxy) is 1. The Kier molecular flexibility index (Phi) is 8.20. The fourth-order valence-corrected chi connectivity index (χ4v) is 4.38. The summed E-state index contributed by atoms with van der Waals surface area (Å²) in [5, 5.41) is 0. The van der Waals surface area contributed by atoms with Gasteiger partial charge in [-0.05, 0) is 71.6 Å². The van der Waals surface area contributed by atoms with E-state index in [0.29, 0.717) is 0 Å². The van der Waals surface area contributed by atoms with Crippen LogP contribution in [0.25, 0.3) is 22.3 Å². The van der Waals surface area contributed by atoms with Crippen molar-refractivity contribution in [2.45, 2.75) is 20.8 Å². The third-order valence-corrected chi connectivity index (χ3v) is 6.10. The van der Waals surface area contributed by atoms with Gasteiger partial charge >= 0.3 is 0 Å². The monoisotopic (exact) mass is 471 g/mol. The number of rotatable bonds is 6. The third-order valence-electron chi connectivity index (χ3n) is 6.10. The van der Waals surface area contributed by atoms with Crippen molar-refractivity contribution in [2.75, 3.05) is 12.0 Å². The second-order valence-electron chi connectivity index (χ2n) is 8.29. The molecule has 2 heteroatoms. The van der Waals surface area contributed by atoms with Gasteiger partial charge in [0.25, 0.3) is 0 Å². The van der Waals surface area contributed by atoms with Crippen molar-refractivity contribution in [3.8, 4) is 28.0 Å². The van der Waals surface area contributed by atoms with Crippen LogP contribution in [0.1, 0.15) is 19.4 Å². The average molecular weight is 472 g/mol. The van der Waals surface area contributed by atoms with E-state index in [1.165, 1.54) is 16.7 Å². The molecule has 0 saturated carbocycles. The summed E-state index contributed by atoms with van der Waals surface area (Å²) in [4.78, 5) is 2.30. The van der Waals surface area contributed by atoms with Crippen LogP contribution in [0.4, 0.5) is 17.1 Å². The lowest BCUT2D eigenvalue weighted by Crippen LogP contribution is -2.10. The summed E-state index contributed by atoms with van der Waals surface area (Å²) in [5.41, 5.74) is 9.19. The molecule has 36 heavy (non-hydrogen) atoms. The number of anilines is 3. The lowest BCUT2D eigenvalue weighted by atomic mass is 9.99. The van der Waals surface area contributed by atoms with E-state index in [-0.39, 0.29) is 0 Å². The van der Waals surface area contributed by atoms with Crippen molar-refractivity contribution in [3.05, 3.63) is 133 Å². The summed E-state index contributed by atoms with van der Waals surface area (Å²) in [5.74, 6) is 0.858. The van der Waals surface area contributed by atoms with Crippen LogP contribution in [-0.2, 0) is 0 Å². The van der Waals surface area contributed by atoms with Crippen LogP contribution in [0.2, 0.25) is 0 Å².